The normalized spacial score (nSPS) is 17.0. The monoisotopic (exact) mass is 367 g/mol. The van der Waals surface area contributed by atoms with Gasteiger partial charge in [-0.15, -0.1) is 0 Å². The quantitative estimate of drug-likeness (QED) is 0.635. The molecule has 0 bridgehead atoms. The van der Waals surface area contributed by atoms with E-state index in [1.807, 2.05) is 6.19 Å². The van der Waals surface area contributed by atoms with Crippen molar-refractivity contribution in [1.82, 2.24) is 14.9 Å². The number of carbonyl (C=O) groups is 1. The smallest absolute Gasteiger partial charge is 0.319 e. The van der Waals surface area contributed by atoms with Crippen LogP contribution in [0.3, 0.4) is 0 Å². The van der Waals surface area contributed by atoms with E-state index >= 15 is 0 Å². The summed E-state index contributed by atoms with van der Waals surface area (Å²) in [7, 11) is -2.50. The second kappa shape index (κ2) is 8.04. The zero-order valence-electron chi connectivity index (χ0n) is 14.1. The Hall–Kier alpha value is -2.51. The van der Waals surface area contributed by atoms with E-state index in [0.717, 1.165) is 0 Å². The van der Waals surface area contributed by atoms with E-state index in [0.29, 0.717) is 31.7 Å². The van der Waals surface area contributed by atoms with E-state index in [2.05, 4.69) is 15.4 Å². The standard InChI is InChI=1S/C15H21N5O4S/c1-3-17-15(21)18-11-4-5-13(24-2)14(8-11)25(22,23)19-12-6-7-20(9-12)10-16/h4-5,8,12,19H,3,6-7,9H2,1-2H3,(H2,17,18,21). The molecule has 1 aromatic carbocycles. The van der Waals surface area contributed by atoms with Crippen LogP contribution < -0.4 is 20.1 Å². The lowest BCUT2D eigenvalue weighted by Crippen LogP contribution is -2.36. The zero-order valence-corrected chi connectivity index (χ0v) is 14.9. The number of hydrogen-bond acceptors (Lipinski definition) is 6. The Morgan fingerprint density at radius 2 is 2.24 bits per heavy atom. The van der Waals surface area contributed by atoms with Crippen molar-refractivity contribution in [1.29, 1.82) is 5.26 Å². The van der Waals surface area contributed by atoms with E-state index in [1.54, 1.807) is 13.0 Å². The van der Waals surface area contributed by atoms with Gasteiger partial charge in [0.1, 0.15) is 10.6 Å². The lowest BCUT2D eigenvalue weighted by Gasteiger charge is -2.16. The number of methoxy groups -OCH3 is 1. The molecule has 136 valence electrons. The van der Waals surface area contributed by atoms with Crippen LogP contribution in [0.5, 0.6) is 5.75 Å². The highest BCUT2D eigenvalue weighted by Crippen LogP contribution is 2.27. The second-order valence-corrected chi connectivity index (χ2v) is 7.19. The molecule has 0 aromatic heterocycles. The van der Waals surface area contributed by atoms with Crippen molar-refractivity contribution in [2.24, 2.45) is 0 Å². The third-order valence-corrected chi connectivity index (χ3v) is 5.24. The van der Waals surface area contributed by atoms with Crippen LogP contribution in [-0.4, -0.2) is 52.1 Å². The SMILES string of the molecule is CCNC(=O)Nc1ccc(OC)c(S(=O)(=O)NC2CCN(C#N)C2)c1. The summed E-state index contributed by atoms with van der Waals surface area (Å²) in [4.78, 5) is 13.0. The van der Waals surface area contributed by atoms with Gasteiger partial charge < -0.3 is 20.3 Å². The number of nitrogens with one attached hydrogen (secondary N) is 3. The van der Waals surface area contributed by atoms with Crippen molar-refractivity contribution in [3.05, 3.63) is 18.2 Å². The first-order chi connectivity index (χ1) is 11.9. The molecule has 1 fully saturated rings. The van der Waals surface area contributed by atoms with Crippen LogP contribution in [0.15, 0.2) is 23.1 Å². The largest absolute Gasteiger partial charge is 0.495 e. The Labute approximate surface area is 147 Å². The van der Waals surface area contributed by atoms with E-state index in [1.165, 1.54) is 24.1 Å². The molecule has 0 saturated carbocycles. The summed E-state index contributed by atoms with van der Waals surface area (Å²) in [6, 6.07) is 3.60. The number of likely N-dealkylation sites (tertiary alicyclic amines) is 1. The van der Waals surface area contributed by atoms with Crippen LogP contribution in [0.1, 0.15) is 13.3 Å². The molecule has 1 saturated heterocycles. The van der Waals surface area contributed by atoms with Gasteiger partial charge in [-0.1, -0.05) is 0 Å². The second-order valence-electron chi connectivity index (χ2n) is 5.50. The minimum atomic E-state index is -3.87. The van der Waals surface area contributed by atoms with Gasteiger partial charge in [0.15, 0.2) is 6.19 Å². The zero-order chi connectivity index (χ0) is 18.4. The van der Waals surface area contributed by atoms with Gasteiger partial charge in [-0.3, -0.25) is 0 Å². The topological polar surface area (TPSA) is 124 Å². The number of amides is 2. The highest BCUT2D eigenvalue weighted by Gasteiger charge is 2.28. The molecular weight excluding hydrogens is 346 g/mol. The fraction of sp³-hybridized carbons (Fsp3) is 0.467. The molecular formula is C15H21N5O4S. The number of sulfonamides is 1. The van der Waals surface area contributed by atoms with Crippen LogP contribution in [0, 0.1) is 11.5 Å². The van der Waals surface area contributed by atoms with Crippen molar-refractivity contribution in [2.75, 3.05) is 32.1 Å². The molecule has 9 nitrogen and oxygen atoms in total. The minimum Gasteiger partial charge on any atom is -0.495 e. The first-order valence-corrected chi connectivity index (χ1v) is 9.27. The molecule has 1 aliphatic rings. The molecule has 0 radical (unpaired) electrons. The van der Waals surface area contributed by atoms with Gasteiger partial charge in [0, 0.05) is 31.4 Å². The molecule has 0 spiro atoms. The van der Waals surface area contributed by atoms with Crippen molar-refractivity contribution in [3.8, 4) is 11.9 Å². The number of benzene rings is 1. The molecule has 1 unspecified atom stereocenters. The summed E-state index contributed by atoms with van der Waals surface area (Å²) in [5.41, 5.74) is 0.331. The predicted molar refractivity (Wildman–Crippen MR) is 91.6 cm³/mol. The fourth-order valence-corrected chi connectivity index (χ4v) is 3.99. The number of nitriles is 1. The number of ether oxygens (including phenoxy) is 1. The third-order valence-electron chi connectivity index (χ3n) is 3.70. The molecule has 25 heavy (non-hydrogen) atoms. The molecule has 1 aromatic rings. The van der Waals surface area contributed by atoms with E-state index in [9.17, 15) is 13.2 Å². The van der Waals surface area contributed by atoms with Gasteiger partial charge in [-0.2, -0.15) is 5.26 Å². The predicted octanol–water partition coefficient (Wildman–Crippen LogP) is 0.670. The van der Waals surface area contributed by atoms with Gasteiger partial charge in [0.2, 0.25) is 10.0 Å². The minimum absolute atomic E-state index is 0.0697. The average molecular weight is 367 g/mol. The fourth-order valence-electron chi connectivity index (χ4n) is 2.53. The number of rotatable bonds is 6. The average Bonchev–Trinajstić information content (AvgIpc) is 3.02. The van der Waals surface area contributed by atoms with Crippen molar-refractivity contribution >= 4 is 21.7 Å². The van der Waals surface area contributed by atoms with Crippen molar-refractivity contribution < 1.29 is 17.9 Å². The van der Waals surface area contributed by atoms with Crippen LogP contribution in [-0.2, 0) is 10.0 Å². The summed E-state index contributed by atoms with van der Waals surface area (Å²) in [6.45, 7) is 3.07. The summed E-state index contributed by atoms with van der Waals surface area (Å²) < 4.78 is 33.1. The van der Waals surface area contributed by atoms with E-state index in [4.69, 9.17) is 10.00 Å². The Bertz CT molecular complexity index is 775. The van der Waals surface area contributed by atoms with Crippen molar-refractivity contribution in [2.45, 2.75) is 24.3 Å². The maximum Gasteiger partial charge on any atom is 0.319 e. The van der Waals surface area contributed by atoms with Crippen LogP contribution in [0.25, 0.3) is 0 Å². The molecule has 0 aliphatic carbocycles. The Morgan fingerprint density at radius 3 is 2.84 bits per heavy atom. The third kappa shape index (κ3) is 4.74. The van der Waals surface area contributed by atoms with Crippen LogP contribution in [0.2, 0.25) is 0 Å². The van der Waals surface area contributed by atoms with Gasteiger partial charge in [-0.25, -0.2) is 17.9 Å². The molecule has 3 N–H and O–H groups in total. The Kier molecular flexibility index (Phi) is 6.06. The van der Waals surface area contributed by atoms with Crippen LogP contribution in [0.4, 0.5) is 10.5 Å². The van der Waals surface area contributed by atoms with Gasteiger partial charge in [0.05, 0.1) is 7.11 Å². The van der Waals surface area contributed by atoms with E-state index < -0.39 is 16.1 Å². The maximum absolute atomic E-state index is 12.7. The van der Waals surface area contributed by atoms with Crippen LogP contribution >= 0.6 is 0 Å². The number of hydrogen-bond donors (Lipinski definition) is 3. The highest BCUT2D eigenvalue weighted by molar-refractivity contribution is 7.89. The number of carbonyl (C=O) groups excluding carboxylic acids is 1. The highest BCUT2D eigenvalue weighted by atomic mass is 32.2. The number of urea groups is 1. The summed E-state index contributed by atoms with van der Waals surface area (Å²) in [5, 5.41) is 14.0. The number of anilines is 1. The summed E-state index contributed by atoms with van der Waals surface area (Å²) in [6.07, 6.45) is 2.55. The summed E-state index contributed by atoms with van der Waals surface area (Å²) >= 11 is 0. The lowest BCUT2D eigenvalue weighted by atomic mass is 10.3. The lowest BCUT2D eigenvalue weighted by molar-refractivity contribution is 0.252. The molecule has 2 amide bonds. The maximum atomic E-state index is 12.7. The first-order valence-electron chi connectivity index (χ1n) is 7.79. The summed E-state index contributed by atoms with van der Waals surface area (Å²) in [5.74, 6) is 0.170. The van der Waals surface area contributed by atoms with Crippen molar-refractivity contribution in [3.63, 3.8) is 0 Å². The first kappa shape index (κ1) is 18.8. The number of nitrogens with zero attached hydrogens (tertiary/aromatic N) is 2. The Morgan fingerprint density at radius 1 is 1.48 bits per heavy atom. The Balaban J connectivity index is 2.22. The van der Waals surface area contributed by atoms with E-state index in [-0.39, 0.29) is 16.7 Å². The molecule has 1 atom stereocenters. The molecule has 1 aliphatic heterocycles. The molecule has 1 heterocycles. The van der Waals surface area contributed by atoms with Gasteiger partial charge >= 0.3 is 6.03 Å². The van der Waals surface area contributed by atoms with Gasteiger partial charge in [-0.05, 0) is 31.5 Å². The van der Waals surface area contributed by atoms with Gasteiger partial charge in [0.25, 0.3) is 0 Å². The molecule has 2 rings (SSSR count). The molecule has 10 heteroatoms.